The summed E-state index contributed by atoms with van der Waals surface area (Å²) in [6, 6.07) is 0. The summed E-state index contributed by atoms with van der Waals surface area (Å²) in [6.45, 7) is 5.02. The summed E-state index contributed by atoms with van der Waals surface area (Å²) in [5, 5.41) is 0. The average molecular weight is 268 g/mol. The van der Waals surface area contributed by atoms with Crippen LogP contribution in [0.1, 0.15) is 84.5 Å². The van der Waals surface area contributed by atoms with Crippen molar-refractivity contribution in [3.8, 4) is 0 Å². The van der Waals surface area contributed by atoms with Gasteiger partial charge in [-0.1, -0.05) is 51.4 Å². The van der Waals surface area contributed by atoms with Gasteiger partial charge in [0.15, 0.2) is 5.79 Å². The molecule has 1 aliphatic heterocycles. The summed E-state index contributed by atoms with van der Waals surface area (Å²) in [7, 11) is 0. The van der Waals surface area contributed by atoms with E-state index < -0.39 is 0 Å². The van der Waals surface area contributed by atoms with Crippen molar-refractivity contribution in [2.24, 2.45) is 5.92 Å². The minimum absolute atomic E-state index is 0.378. The second-order valence-corrected chi connectivity index (χ2v) is 6.86. The van der Waals surface area contributed by atoms with Gasteiger partial charge in [-0.2, -0.15) is 0 Å². The van der Waals surface area contributed by atoms with Gasteiger partial charge in [0.05, 0.1) is 12.7 Å². The van der Waals surface area contributed by atoms with Gasteiger partial charge in [0, 0.05) is 0 Å². The highest BCUT2D eigenvalue weighted by Crippen LogP contribution is 2.32. The Labute approximate surface area is 119 Å². The van der Waals surface area contributed by atoms with Gasteiger partial charge in [0.25, 0.3) is 0 Å². The Morgan fingerprint density at radius 3 is 2.00 bits per heavy atom. The molecule has 0 radical (unpaired) electrons. The normalized spacial score (nSPS) is 34.4. The zero-order valence-corrected chi connectivity index (χ0v) is 13.0. The van der Waals surface area contributed by atoms with Crippen molar-refractivity contribution in [2.75, 3.05) is 6.61 Å². The van der Waals surface area contributed by atoms with Crippen molar-refractivity contribution >= 4 is 0 Å². The Balaban J connectivity index is 1.93. The molecule has 0 amide bonds. The summed E-state index contributed by atoms with van der Waals surface area (Å²) in [4.78, 5) is 0. The molecule has 0 spiro atoms. The molecule has 2 unspecified atom stereocenters. The minimum Gasteiger partial charge on any atom is -0.351 e. The van der Waals surface area contributed by atoms with Crippen LogP contribution >= 0.6 is 0 Å². The zero-order valence-electron chi connectivity index (χ0n) is 13.0. The van der Waals surface area contributed by atoms with Gasteiger partial charge in [-0.3, -0.25) is 0 Å². The van der Waals surface area contributed by atoms with Crippen molar-refractivity contribution in [2.45, 2.75) is 96.4 Å². The first-order chi connectivity index (χ1) is 9.17. The number of hydrogen-bond donors (Lipinski definition) is 0. The third-order valence-corrected chi connectivity index (χ3v) is 4.71. The molecular weight excluding hydrogens is 236 g/mol. The van der Waals surface area contributed by atoms with E-state index in [9.17, 15) is 0 Å². The second kappa shape index (κ2) is 7.64. The van der Waals surface area contributed by atoms with E-state index in [1.807, 2.05) is 0 Å². The van der Waals surface area contributed by atoms with E-state index in [-0.39, 0.29) is 5.79 Å². The van der Waals surface area contributed by atoms with Gasteiger partial charge in [-0.15, -0.1) is 0 Å². The molecule has 0 aromatic heterocycles. The summed E-state index contributed by atoms with van der Waals surface area (Å²) in [5.74, 6) is 0.345. The van der Waals surface area contributed by atoms with Crippen LogP contribution in [0.5, 0.6) is 0 Å². The molecule has 1 aliphatic carbocycles. The van der Waals surface area contributed by atoms with Gasteiger partial charge < -0.3 is 9.47 Å². The van der Waals surface area contributed by atoms with Crippen LogP contribution in [0.25, 0.3) is 0 Å². The molecule has 2 nitrogen and oxygen atoms in total. The third-order valence-electron chi connectivity index (χ3n) is 4.71. The van der Waals surface area contributed by atoms with Crippen LogP contribution in [0, 0.1) is 5.92 Å². The number of hydrogen-bond acceptors (Lipinski definition) is 2. The van der Waals surface area contributed by atoms with Crippen LogP contribution in [-0.4, -0.2) is 18.5 Å². The van der Waals surface area contributed by atoms with Gasteiger partial charge >= 0.3 is 0 Å². The highest BCUT2D eigenvalue weighted by atomic mass is 16.7. The summed E-state index contributed by atoms with van der Waals surface area (Å²) < 4.78 is 12.1. The Hall–Kier alpha value is -0.0800. The lowest BCUT2D eigenvalue weighted by Crippen LogP contribution is -2.33. The first kappa shape index (κ1) is 15.3. The molecule has 1 saturated heterocycles. The van der Waals surface area contributed by atoms with Gasteiger partial charge in [-0.25, -0.2) is 0 Å². The van der Waals surface area contributed by atoms with E-state index in [4.69, 9.17) is 9.47 Å². The molecule has 0 aromatic rings. The zero-order chi connectivity index (χ0) is 13.6. The van der Waals surface area contributed by atoms with Gasteiger partial charge in [0.2, 0.25) is 0 Å². The molecule has 112 valence electrons. The Bertz CT molecular complexity index is 250. The first-order valence-corrected chi connectivity index (χ1v) is 8.49. The number of rotatable bonds is 0. The quantitative estimate of drug-likeness (QED) is 0.611. The van der Waals surface area contributed by atoms with Gasteiger partial charge in [0.1, 0.15) is 0 Å². The molecule has 1 saturated carbocycles. The lowest BCUT2D eigenvalue weighted by atomic mass is 9.88. The summed E-state index contributed by atoms with van der Waals surface area (Å²) in [6.07, 6.45) is 15.4. The topological polar surface area (TPSA) is 18.5 Å². The molecule has 0 bridgehead atoms. The van der Waals surface area contributed by atoms with E-state index in [1.54, 1.807) is 0 Å². The van der Waals surface area contributed by atoms with Gasteiger partial charge in [-0.05, 0) is 39.0 Å². The van der Waals surface area contributed by atoms with Crippen LogP contribution in [0.3, 0.4) is 0 Å². The van der Waals surface area contributed by atoms with Crippen LogP contribution in [0.15, 0.2) is 0 Å². The molecular formula is C17H32O2. The summed E-state index contributed by atoms with van der Waals surface area (Å²) >= 11 is 0. The van der Waals surface area contributed by atoms with Crippen LogP contribution in [0.2, 0.25) is 0 Å². The van der Waals surface area contributed by atoms with Crippen LogP contribution < -0.4 is 0 Å². The lowest BCUT2D eigenvalue weighted by Gasteiger charge is -2.31. The molecule has 2 heteroatoms. The Morgan fingerprint density at radius 1 is 0.737 bits per heavy atom. The molecule has 0 N–H and O–H groups in total. The number of ether oxygens (including phenoxy) is 2. The maximum Gasteiger partial charge on any atom is 0.163 e. The molecule has 2 aliphatic rings. The van der Waals surface area contributed by atoms with E-state index in [0.717, 1.165) is 12.5 Å². The maximum absolute atomic E-state index is 6.28. The van der Waals surface area contributed by atoms with Crippen LogP contribution in [0.4, 0.5) is 0 Å². The fraction of sp³-hybridized carbons (Fsp3) is 1.00. The Morgan fingerprint density at radius 2 is 1.32 bits per heavy atom. The van der Waals surface area contributed by atoms with Crippen LogP contribution in [-0.2, 0) is 9.47 Å². The third kappa shape index (κ3) is 5.43. The molecule has 0 aromatic carbocycles. The fourth-order valence-corrected chi connectivity index (χ4v) is 3.57. The van der Waals surface area contributed by atoms with Crippen molar-refractivity contribution in [3.63, 3.8) is 0 Å². The Kier molecular flexibility index (Phi) is 6.15. The highest BCUT2D eigenvalue weighted by Gasteiger charge is 2.33. The largest absolute Gasteiger partial charge is 0.351 e. The predicted molar refractivity (Wildman–Crippen MR) is 79.2 cm³/mol. The predicted octanol–water partition coefficient (Wildman–Crippen LogP) is 5.06. The fourth-order valence-electron chi connectivity index (χ4n) is 3.57. The van der Waals surface area contributed by atoms with Crippen molar-refractivity contribution < 1.29 is 9.47 Å². The molecule has 19 heavy (non-hydrogen) atoms. The van der Waals surface area contributed by atoms with E-state index >= 15 is 0 Å². The maximum atomic E-state index is 6.28. The number of fused-ring (bicyclic) bond motifs is 1. The monoisotopic (exact) mass is 268 g/mol. The minimum atomic E-state index is -0.378. The average Bonchev–Trinajstić information content (AvgIpc) is 2.48. The summed E-state index contributed by atoms with van der Waals surface area (Å²) in [5.41, 5.74) is 0. The van der Waals surface area contributed by atoms with Crippen molar-refractivity contribution in [1.29, 1.82) is 0 Å². The first-order valence-electron chi connectivity index (χ1n) is 8.49. The SMILES string of the molecule is CC1(C)OCCC2CCCCCCCCCCC2O1. The highest BCUT2D eigenvalue weighted by molar-refractivity contribution is 4.77. The van der Waals surface area contributed by atoms with Crippen molar-refractivity contribution in [3.05, 3.63) is 0 Å². The molecule has 1 heterocycles. The standard InChI is InChI=1S/C17H32O2/c1-17(2)18-14-13-15-11-9-7-5-3-4-6-8-10-12-16(15)19-17/h15-16H,3-14H2,1-2H3. The molecule has 2 rings (SSSR count). The van der Waals surface area contributed by atoms with E-state index in [0.29, 0.717) is 6.10 Å². The molecule has 2 fully saturated rings. The second-order valence-electron chi connectivity index (χ2n) is 6.86. The van der Waals surface area contributed by atoms with Crippen molar-refractivity contribution in [1.82, 2.24) is 0 Å². The smallest absolute Gasteiger partial charge is 0.163 e. The lowest BCUT2D eigenvalue weighted by molar-refractivity contribution is -0.227. The van der Waals surface area contributed by atoms with E-state index in [1.165, 1.54) is 70.6 Å². The van der Waals surface area contributed by atoms with E-state index in [2.05, 4.69) is 13.8 Å². The molecule has 2 atom stereocenters.